The number of nitrogens with zero attached hydrogens (tertiary/aromatic N) is 2. The quantitative estimate of drug-likeness (QED) is 0.472. The van der Waals surface area contributed by atoms with Crippen molar-refractivity contribution in [2.75, 3.05) is 11.7 Å². The molecule has 0 atom stereocenters. The number of hydrogen-bond acceptors (Lipinski definition) is 5. The molecule has 2 aliphatic heterocycles. The third-order valence-electron chi connectivity index (χ3n) is 5.95. The lowest BCUT2D eigenvalue weighted by molar-refractivity contribution is -0.122. The molecule has 4 amide bonds. The first-order chi connectivity index (χ1) is 16.2. The van der Waals surface area contributed by atoms with Crippen molar-refractivity contribution in [2.24, 2.45) is 0 Å². The van der Waals surface area contributed by atoms with E-state index in [-0.39, 0.29) is 18.1 Å². The molecule has 3 heterocycles. The van der Waals surface area contributed by atoms with E-state index in [1.54, 1.807) is 18.2 Å². The first-order valence-corrected chi connectivity index (χ1v) is 10.8. The summed E-state index contributed by atoms with van der Waals surface area (Å²) in [5, 5.41) is 2.26. The van der Waals surface area contributed by atoms with E-state index in [0.29, 0.717) is 11.5 Å². The number of fused-ring (bicyclic) bond motifs is 1. The van der Waals surface area contributed by atoms with Crippen LogP contribution in [-0.4, -0.2) is 29.2 Å². The minimum absolute atomic E-state index is 0.0681. The van der Waals surface area contributed by atoms with Crippen LogP contribution in [0.5, 0.6) is 11.5 Å². The Balaban J connectivity index is 1.55. The summed E-state index contributed by atoms with van der Waals surface area (Å²) in [6, 6.07) is 12.1. The van der Waals surface area contributed by atoms with Crippen LogP contribution < -0.4 is 19.7 Å². The number of amides is 4. The van der Waals surface area contributed by atoms with Crippen LogP contribution in [0.25, 0.3) is 11.8 Å². The largest absolute Gasteiger partial charge is 0.454 e. The van der Waals surface area contributed by atoms with Crippen molar-refractivity contribution < 1.29 is 23.9 Å². The zero-order chi connectivity index (χ0) is 24.1. The molecule has 5 rings (SSSR count). The molecule has 3 aromatic rings. The van der Waals surface area contributed by atoms with E-state index in [1.165, 1.54) is 6.08 Å². The number of imide groups is 2. The van der Waals surface area contributed by atoms with E-state index in [9.17, 15) is 14.4 Å². The molecule has 0 radical (unpaired) electrons. The summed E-state index contributed by atoms with van der Waals surface area (Å²) < 4.78 is 12.7. The SMILES string of the molecule is Cc1cc(C)cc(-n2c(C)cc(/C=C3\C(=O)NC(=O)N(c4ccc5c(c4)OCO5)C3=O)c2C)c1. The van der Waals surface area contributed by atoms with Gasteiger partial charge in [0.2, 0.25) is 6.79 Å². The molecule has 0 aliphatic carbocycles. The number of aromatic nitrogens is 1. The van der Waals surface area contributed by atoms with Gasteiger partial charge in [0.1, 0.15) is 5.57 Å². The molecule has 1 N–H and O–H groups in total. The highest BCUT2D eigenvalue weighted by Crippen LogP contribution is 2.36. The summed E-state index contributed by atoms with van der Waals surface area (Å²) in [5.41, 5.74) is 6.00. The fourth-order valence-electron chi connectivity index (χ4n) is 4.48. The Labute approximate surface area is 196 Å². The summed E-state index contributed by atoms with van der Waals surface area (Å²) in [6.07, 6.45) is 1.53. The van der Waals surface area contributed by atoms with Gasteiger partial charge in [-0.25, -0.2) is 9.69 Å². The van der Waals surface area contributed by atoms with Gasteiger partial charge in [-0.3, -0.25) is 14.9 Å². The normalized spacial score (nSPS) is 16.4. The number of barbiturate groups is 1. The van der Waals surface area contributed by atoms with Crippen molar-refractivity contribution in [2.45, 2.75) is 27.7 Å². The monoisotopic (exact) mass is 457 g/mol. The average Bonchev–Trinajstić information content (AvgIpc) is 3.33. The Hall–Kier alpha value is -4.33. The van der Waals surface area contributed by atoms with Gasteiger partial charge in [-0.05, 0) is 80.8 Å². The predicted octanol–water partition coefficient (Wildman–Crippen LogP) is 4.11. The van der Waals surface area contributed by atoms with Gasteiger partial charge in [-0.2, -0.15) is 0 Å². The van der Waals surface area contributed by atoms with Crippen LogP contribution in [0.3, 0.4) is 0 Å². The van der Waals surface area contributed by atoms with Crippen molar-refractivity contribution in [3.63, 3.8) is 0 Å². The summed E-state index contributed by atoms with van der Waals surface area (Å²) in [4.78, 5) is 39.4. The number of aryl methyl sites for hydroxylation is 3. The minimum Gasteiger partial charge on any atom is -0.454 e. The maximum Gasteiger partial charge on any atom is 0.335 e. The van der Waals surface area contributed by atoms with Gasteiger partial charge >= 0.3 is 6.03 Å². The number of carbonyl (C=O) groups is 3. The van der Waals surface area contributed by atoms with Crippen molar-refractivity contribution in [3.05, 3.63) is 76.1 Å². The lowest BCUT2D eigenvalue weighted by atomic mass is 10.1. The molecule has 2 aliphatic rings. The first-order valence-electron chi connectivity index (χ1n) is 10.8. The Bertz CT molecular complexity index is 1400. The Kier molecular flexibility index (Phi) is 5.01. The molecule has 0 unspecified atom stereocenters. The lowest BCUT2D eigenvalue weighted by Gasteiger charge is -2.26. The molecule has 0 spiro atoms. The van der Waals surface area contributed by atoms with Crippen LogP contribution >= 0.6 is 0 Å². The third kappa shape index (κ3) is 3.53. The van der Waals surface area contributed by atoms with Gasteiger partial charge in [-0.1, -0.05) is 6.07 Å². The van der Waals surface area contributed by atoms with E-state index in [4.69, 9.17) is 9.47 Å². The zero-order valence-corrected chi connectivity index (χ0v) is 19.3. The van der Waals surface area contributed by atoms with Crippen LogP contribution in [0.1, 0.15) is 28.1 Å². The molecule has 0 saturated carbocycles. The van der Waals surface area contributed by atoms with Crippen molar-refractivity contribution in [3.8, 4) is 17.2 Å². The highest BCUT2D eigenvalue weighted by Gasteiger charge is 2.37. The Morgan fingerprint density at radius 3 is 2.29 bits per heavy atom. The maximum absolute atomic E-state index is 13.3. The van der Waals surface area contributed by atoms with Crippen molar-refractivity contribution in [1.82, 2.24) is 9.88 Å². The van der Waals surface area contributed by atoms with Gasteiger partial charge < -0.3 is 14.0 Å². The van der Waals surface area contributed by atoms with Gasteiger partial charge in [0.15, 0.2) is 11.5 Å². The summed E-state index contributed by atoms with van der Waals surface area (Å²) in [7, 11) is 0. The standard InChI is InChI=1S/C26H23N3O5/c1-14-7-15(2)9-20(8-14)28-16(3)10-18(17(28)4)11-21-24(30)27-26(32)29(25(21)31)19-5-6-22-23(12-19)34-13-33-22/h5-12H,13H2,1-4H3,(H,27,30,32)/b21-11+. The highest BCUT2D eigenvalue weighted by atomic mass is 16.7. The maximum atomic E-state index is 13.3. The first kappa shape index (κ1) is 21.5. The molecule has 8 nitrogen and oxygen atoms in total. The fraction of sp³-hybridized carbons (Fsp3) is 0.192. The molecule has 1 saturated heterocycles. The number of anilines is 1. The molecule has 0 bridgehead atoms. The number of ether oxygens (including phenoxy) is 2. The lowest BCUT2D eigenvalue weighted by Crippen LogP contribution is -2.54. The molecule has 8 heteroatoms. The van der Waals surface area contributed by atoms with Gasteiger partial charge in [0.25, 0.3) is 11.8 Å². The second-order valence-electron chi connectivity index (χ2n) is 8.50. The van der Waals surface area contributed by atoms with Crippen molar-refractivity contribution in [1.29, 1.82) is 0 Å². The predicted molar refractivity (Wildman–Crippen MR) is 126 cm³/mol. The number of nitrogens with one attached hydrogen (secondary N) is 1. The Morgan fingerprint density at radius 2 is 1.56 bits per heavy atom. The van der Waals surface area contributed by atoms with Gasteiger partial charge in [0.05, 0.1) is 5.69 Å². The summed E-state index contributed by atoms with van der Waals surface area (Å²) >= 11 is 0. The highest BCUT2D eigenvalue weighted by molar-refractivity contribution is 6.39. The topological polar surface area (TPSA) is 89.9 Å². The second-order valence-corrected chi connectivity index (χ2v) is 8.50. The van der Waals surface area contributed by atoms with Gasteiger partial charge in [0, 0.05) is 23.1 Å². The third-order valence-corrected chi connectivity index (χ3v) is 5.95. The van der Waals surface area contributed by atoms with E-state index in [1.807, 2.05) is 33.8 Å². The smallest absolute Gasteiger partial charge is 0.335 e. The van der Waals surface area contributed by atoms with Crippen LogP contribution in [0.4, 0.5) is 10.5 Å². The minimum atomic E-state index is -0.813. The number of carbonyl (C=O) groups excluding carboxylic acids is 3. The molecule has 1 fully saturated rings. The van der Waals surface area contributed by atoms with Crippen molar-refractivity contribution >= 4 is 29.6 Å². The number of urea groups is 1. The molecule has 172 valence electrons. The summed E-state index contributed by atoms with van der Waals surface area (Å²) in [6.45, 7) is 8.06. The molecule has 2 aromatic carbocycles. The van der Waals surface area contributed by atoms with Crippen LogP contribution in [0.15, 0.2) is 48.0 Å². The van der Waals surface area contributed by atoms with E-state index in [2.05, 4.69) is 28.1 Å². The van der Waals surface area contributed by atoms with Crippen LogP contribution in [-0.2, 0) is 9.59 Å². The number of rotatable bonds is 3. The van der Waals surface area contributed by atoms with Gasteiger partial charge in [-0.15, -0.1) is 0 Å². The molecule has 34 heavy (non-hydrogen) atoms. The molecule has 1 aromatic heterocycles. The van der Waals surface area contributed by atoms with E-state index < -0.39 is 17.8 Å². The second kappa shape index (κ2) is 7.91. The number of benzene rings is 2. The average molecular weight is 457 g/mol. The van der Waals surface area contributed by atoms with E-state index in [0.717, 1.165) is 38.7 Å². The molecular weight excluding hydrogens is 434 g/mol. The fourth-order valence-corrected chi connectivity index (χ4v) is 4.48. The molecular formula is C26H23N3O5. The summed E-state index contributed by atoms with van der Waals surface area (Å²) in [5.74, 6) is -0.483. The Morgan fingerprint density at radius 1 is 0.853 bits per heavy atom. The number of hydrogen-bond donors (Lipinski definition) is 1. The van der Waals surface area contributed by atoms with E-state index >= 15 is 0 Å². The van der Waals surface area contributed by atoms with Crippen LogP contribution in [0.2, 0.25) is 0 Å². The van der Waals surface area contributed by atoms with Crippen LogP contribution in [0, 0.1) is 27.7 Å². The zero-order valence-electron chi connectivity index (χ0n) is 19.3.